The van der Waals surface area contributed by atoms with Gasteiger partial charge in [0.2, 0.25) is 0 Å². The molecule has 1 unspecified atom stereocenters. The molecule has 0 fully saturated rings. The maximum absolute atomic E-state index is 10.2. The summed E-state index contributed by atoms with van der Waals surface area (Å²) in [6, 6.07) is 0. The maximum Gasteiger partial charge on any atom is 0.134 e. The average molecular weight is 268 g/mol. The second-order valence-corrected chi connectivity index (χ2v) is 4.93. The number of hydrogen-bond acceptors (Lipinski definition) is 6. The number of nitrogens with two attached hydrogens (primary N) is 1. The highest BCUT2D eigenvalue weighted by Gasteiger charge is 2.20. The predicted molar refractivity (Wildman–Crippen MR) is 76.0 cm³/mol. The van der Waals surface area contributed by atoms with Gasteiger partial charge in [-0.3, -0.25) is 0 Å². The van der Waals surface area contributed by atoms with Gasteiger partial charge in [-0.2, -0.15) is 0 Å². The summed E-state index contributed by atoms with van der Waals surface area (Å²) in [5.74, 6) is 1.20. The summed E-state index contributed by atoms with van der Waals surface area (Å²) in [4.78, 5) is 8.19. The Labute approximate surface area is 114 Å². The number of aromatic nitrogens is 2. The zero-order chi connectivity index (χ0) is 14.3. The molecular formula is C13H24N4O2. The summed E-state index contributed by atoms with van der Waals surface area (Å²) in [6.07, 6.45) is 3.77. The van der Waals surface area contributed by atoms with Gasteiger partial charge in [0.15, 0.2) is 0 Å². The molecule has 1 rings (SSSR count). The minimum Gasteiger partial charge on any atom is -0.388 e. The van der Waals surface area contributed by atoms with Crippen LogP contribution in [0, 0.1) is 0 Å². The molecule has 0 saturated carbocycles. The molecular weight excluding hydrogens is 244 g/mol. The Balaban J connectivity index is 2.69. The third-order valence-corrected chi connectivity index (χ3v) is 2.96. The summed E-state index contributed by atoms with van der Waals surface area (Å²) >= 11 is 0. The molecule has 1 heterocycles. The molecule has 6 nitrogen and oxygen atoms in total. The van der Waals surface area contributed by atoms with Gasteiger partial charge in [0, 0.05) is 32.2 Å². The van der Waals surface area contributed by atoms with Crippen LogP contribution in [0.15, 0.2) is 6.33 Å². The first-order valence-corrected chi connectivity index (χ1v) is 6.54. The van der Waals surface area contributed by atoms with Crippen LogP contribution in [0.1, 0.15) is 32.3 Å². The molecule has 4 N–H and O–H groups in total. The number of ether oxygens (including phenoxy) is 1. The summed E-state index contributed by atoms with van der Waals surface area (Å²) in [5.41, 5.74) is 5.92. The summed E-state index contributed by atoms with van der Waals surface area (Å²) in [6.45, 7) is 4.75. The van der Waals surface area contributed by atoms with Gasteiger partial charge in [0.1, 0.15) is 18.0 Å². The summed E-state index contributed by atoms with van der Waals surface area (Å²) < 4.78 is 4.98. The number of anilines is 2. The molecule has 108 valence electrons. The van der Waals surface area contributed by atoms with Crippen LogP contribution in [0.25, 0.3) is 0 Å². The molecule has 0 aromatic carbocycles. The molecule has 1 atom stereocenters. The van der Waals surface area contributed by atoms with Crippen molar-refractivity contribution in [2.45, 2.75) is 38.7 Å². The standard InChI is InChI=1S/C13H24N4O2/c1-4-5-10-11(14)16-9-17-12(10)15-8-13(2,18)6-7-19-3/h9,18H,4-8H2,1-3H3,(H3,14,15,16,17). The zero-order valence-electron chi connectivity index (χ0n) is 11.9. The smallest absolute Gasteiger partial charge is 0.134 e. The molecule has 0 amide bonds. The van der Waals surface area contributed by atoms with Crippen LogP contribution in [0.4, 0.5) is 11.6 Å². The average Bonchev–Trinajstić information content (AvgIpc) is 2.37. The van der Waals surface area contributed by atoms with E-state index in [4.69, 9.17) is 10.5 Å². The Bertz CT molecular complexity index is 396. The van der Waals surface area contributed by atoms with Crippen LogP contribution >= 0.6 is 0 Å². The number of nitrogens with zero attached hydrogens (tertiary/aromatic N) is 2. The van der Waals surface area contributed by atoms with E-state index < -0.39 is 5.60 Å². The Morgan fingerprint density at radius 1 is 1.47 bits per heavy atom. The van der Waals surface area contributed by atoms with Crippen molar-refractivity contribution in [1.29, 1.82) is 0 Å². The fourth-order valence-corrected chi connectivity index (χ4v) is 1.76. The number of aliphatic hydroxyl groups is 1. The first kappa shape index (κ1) is 15.7. The van der Waals surface area contributed by atoms with E-state index in [1.165, 1.54) is 6.33 Å². The van der Waals surface area contributed by atoms with E-state index in [0.717, 1.165) is 18.4 Å². The third-order valence-electron chi connectivity index (χ3n) is 2.96. The number of nitrogen functional groups attached to an aromatic ring is 1. The van der Waals surface area contributed by atoms with Crippen LogP contribution in [0.2, 0.25) is 0 Å². The van der Waals surface area contributed by atoms with Crippen molar-refractivity contribution in [3.63, 3.8) is 0 Å². The van der Waals surface area contributed by atoms with Crippen molar-refractivity contribution >= 4 is 11.6 Å². The van der Waals surface area contributed by atoms with E-state index in [2.05, 4.69) is 22.2 Å². The van der Waals surface area contributed by atoms with E-state index >= 15 is 0 Å². The minimum atomic E-state index is -0.848. The highest BCUT2D eigenvalue weighted by Crippen LogP contribution is 2.20. The summed E-state index contributed by atoms with van der Waals surface area (Å²) in [5, 5.41) is 13.3. The second kappa shape index (κ2) is 7.25. The van der Waals surface area contributed by atoms with Gasteiger partial charge in [0.05, 0.1) is 5.60 Å². The van der Waals surface area contributed by atoms with Crippen molar-refractivity contribution < 1.29 is 9.84 Å². The van der Waals surface area contributed by atoms with E-state index in [1.54, 1.807) is 14.0 Å². The first-order valence-electron chi connectivity index (χ1n) is 6.54. The molecule has 0 spiro atoms. The molecule has 0 bridgehead atoms. The van der Waals surface area contributed by atoms with Gasteiger partial charge in [-0.1, -0.05) is 13.3 Å². The van der Waals surface area contributed by atoms with E-state index in [-0.39, 0.29) is 0 Å². The van der Waals surface area contributed by atoms with E-state index in [1.807, 2.05) is 0 Å². The van der Waals surface area contributed by atoms with Gasteiger partial charge in [-0.25, -0.2) is 9.97 Å². The molecule has 0 saturated heterocycles. The number of rotatable bonds is 8. The lowest BCUT2D eigenvalue weighted by Gasteiger charge is -2.24. The minimum absolute atomic E-state index is 0.392. The van der Waals surface area contributed by atoms with E-state index in [0.29, 0.717) is 31.2 Å². The van der Waals surface area contributed by atoms with Crippen molar-refractivity contribution in [3.8, 4) is 0 Å². The molecule has 6 heteroatoms. The van der Waals surface area contributed by atoms with Gasteiger partial charge >= 0.3 is 0 Å². The predicted octanol–water partition coefficient (Wildman–Crippen LogP) is 1.21. The van der Waals surface area contributed by atoms with Crippen LogP contribution in [0.3, 0.4) is 0 Å². The van der Waals surface area contributed by atoms with Crippen LogP contribution < -0.4 is 11.1 Å². The van der Waals surface area contributed by atoms with Gasteiger partial charge in [0.25, 0.3) is 0 Å². The molecule has 1 aromatic heterocycles. The molecule has 0 radical (unpaired) electrons. The van der Waals surface area contributed by atoms with Crippen LogP contribution in [-0.2, 0) is 11.2 Å². The number of methoxy groups -OCH3 is 1. The van der Waals surface area contributed by atoms with Crippen LogP contribution in [0.5, 0.6) is 0 Å². The quantitative estimate of drug-likeness (QED) is 0.656. The van der Waals surface area contributed by atoms with Gasteiger partial charge < -0.3 is 20.9 Å². The molecule has 0 aliphatic carbocycles. The van der Waals surface area contributed by atoms with Crippen molar-refractivity contribution in [3.05, 3.63) is 11.9 Å². The largest absolute Gasteiger partial charge is 0.388 e. The Morgan fingerprint density at radius 3 is 2.84 bits per heavy atom. The van der Waals surface area contributed by atoms with Gasteiger partial charge in [-0.05, 0) is 13.3 Å². The molecule has 1 aromatic rings. The van der Waals surface area contributed by atoms with Crippen LogP contribution in [-0.4, -0.2) is 40.9 Å². The number of hydrogen-bond donors (Lipinski definition) is 3. The lowest BCUT2D eigenvalue weighted by atomic mass is 10.0. The lowest BCUT2D eigenvalue weighted by Crippen LogP contribution is -2.35. The monoisotopic (exact) mass is 268 g/mol. The molecule has 0 aliphatic heterocycles. The second-order valence-electron chi connectivity index (χ2n) is 4.93. The Hall–Kier alpha value is -1.40. The van der Waals surface area contributed by atoms with Gasteiger partial charge in [-0.15, -0.1) is 0 Å². The van der Waals surface area contributed by atoms with E-state index in [9.17, 15) is 5.11 Å². The molecule has 0 aliphatic rings. The topological polar surface area (TPSA) is 93.3 Å². The van der Waals surface area contributed by atoms with Crippen molar-refractivity contribution in [2.75, 3.05) is 31.3 Å². The normalized spacial score (nSPS) is 14.1. The Kier molecular flexibility index (Phi) is 5.98. The van der Waals surface area contributed by atoms with Crippen molar-refractivity contribution in [2.24, 2.45) is 0 Å². The third kappa shape index (κ3) is 5.00. The lowest BCUT2D eigenvalue weighted by molar-refractivity contribution is 0.0357. The number of nitrogens with one attached hydrogen (secondary N) is 1. The SMILES string of the molecule is CCCc1c(N)ncnc1NCC(C)(O)CCOC. The Morgan fingerprint density at radius 2 is 2.21 bits per heavy atom. The fraction of sp³-hybridized carbons (Fsp3) is 0.692. The zero-order valence-corrected chi connectivity index (χ0v) is 11.9. The molecule has 19 heavy (non-hydrogen) atoms. The first-order chi connectivity index (χ1) is 9.00. The highest BCUT2D eigenvalue weighted by molar-refractivity contribution is 5.55. The summed E-state index contributed by atoms with van der Waals surface area (Å²) in [7, 11) is 1.62. The maximum atomic E-state index is 10.2. The highest BCUT2D eigenvalue weighted by atomic mass is 16.5. The van der Waals surface area contributed by atoms with Crippen molar-refractivity contribution in [1.82, 2.24) is 9.97 Å². The fourth-order valence-electron chi connectivity index (χ4n) is 1.76.